The lowest BCUT2D eigenvalue weighted by Gasteiger charge is -2.24. The molecule has 2 N–H and O–H groups in total. The Hall–Kier alpha value is -2.73. The fourth-order valence-corrected chi connectivity index (χ4v) is 3.45. The highest BCUT2D eigenvalue weighted by Gasteiger charge is 2.25. The average Bonchev–Trinajstić information content (AvgIpc) is 2.66. The number of carbonyl (C=O) groups excluding carboxylic acids is 1. The van der Waals surface area contributed by atoms with Crippen LogP contribution in [0.25, 0.3) is 0 Å². The Morgan fingerprint density at radius 1 is 1.11 bits per heavy atom. The van der Waals surface area contributed by atoms with E-state index in [9.17, 15) is 4.79 Å². The molecule has 1 aliphatic carbocycles. The number of methoxy groups -OCH3 is 1. The van der Waals surface area contributed by atoms with Crippen molar-refractivity contribution in [1.82, 2.24) is 5.32 Å². The van der Waals surface area contributed by atoms with Crippen molar-refractivity contribution in [1.29, 1.82) is 0 Å². The molecule has 1 amide bonds. The molecule has 6 heteroatoms. The van der Waals surface area contributed by atoms with E-state index in [1.54, 1.807) is 7.11 Å². The maximum atomic E-state index is 12.1. The number of ether oxygens (including phenoxy) is 3. The fourth-order valence-electron chi connectivity index (χ4n) is 3.45. The molecule has 0 bridgehead atoms. The second-order valence-corrected chi connectivity index (χ2v) is 7.24. The maximum absolute atomic E-state index is 12.1. The molecule has 1 fully saturated rings. The zero-order valence-electron chi connectivity index (χ0n) is 16.1. The quantitative estimate of drug-likeness (QED) is 0.767. The van der Waals surface area contributed by atoms with Gasteiger partial charge in [0.05, 0.1) is 7.11 Å². The number of fused-ring (bicyclic) bond motifs is 1. The monoisotopic (exact) mass is 382 g/mol. The van der Waals surface area contributed by atoms with E-state index in [-0.39, 0.29) is 11.8 Å². The summed E-state index contributed by atoms with van der Waals surface area (Å²) in [6.45, 7) is 2.45. The number of rotatable bonds is 7. The molecule has 0 unspecified atom stereocenters. The van der Waals surface area contributed by atoms with E-state index in [0.29, 0.717) is 37.8 Å². The van der Waals surface area contributed by atoms with Crippen molar-refractivity contribution >= 4 is 11.6 Å². The smallest absolute Gasteiger partial charge is 0.227 e. The summed E-state index contributed by atoms with van der Waals surface area (Å²) in [5.74, 6) is 2.41. The van der Waals surface area contributed by atoms with Gasteiger partial charge in [-0.25, -0.2) is 0 Å². The zero-order chi connectivity index (χ0) is 19.3. The van der Waals surface area contributed by atoms with Gasteiger partial charge in [-0.05, 0) is 48.2 Å². The molecule has 0 radical (unpaired) electrons. The molecular weight excluding hydrogens is 356 g/mol. The molecule has 0 saturated heterocycles. The first-order valence-electron chi connectivity index (χ1n) is 9.80. The Kier molecular flexibility index (Phi) is 5.67. The number of hydrogen-bond acceptors (Lipinski definition) is 5. The second-order valence-electron chi connectivity index (χ2n) is 7.24. The number of carbonyl (C=O) groups is 1. The van der Waals surface area contributed by atoms with Crippen molar-refractivity contribution < 1.29 is 19.0 Å². The van der Waals surface area contributed by atoms with Crippen molar-refractivity contribution in [2.45, 2.75) is 32.4 Å². The van der Waals surface area contributed by atoms with Crippen LogP contribution < -0.4 is 24.8 Å². The maximum Gasteiger partial charge on any atom is 0.227 e. The first kappa shape index (κ1) is 18.6. The van der Waals surface area contributed by atoms with E-state index in [2.05, 4.69) is 16.7 Å². The number of nitrogens with one attached hydrogen (secondary N) is 2. The third-order valence-electron chi connectivity index (χ3n) is 5.22. The molecule has 0 aromatic heterocycles. The Bertz CT molecular complexity index is 831. The minimum Gasteiger partial charge on any atom is -0.493 e. The summed E-state index contributed by atoms with van der Waals surface area (Å²) in [7, 11) is 1.63. The predicted octanol–water partition coefficient (Wildman–Crippen LogP) is 3.49. The Morgan fingerprint density at radius 3 is 2.71 bits per heavy atom. The van der Waals surface area contributed by atoms with Crippen molar-refractivity contribution in [2.24, 2.45) is 5.92 Å². The molecule has 148 valence electrons. The van der Waals surface area contributed by atoms with Crippen LogP contribution in [-0.4, -0.2) is 26.2 Å². The third kappa shape index (κ3) is 4.22. The zero-order valence-corrected chi connectivity index (χ0v) is 16.1. The SMILES string of the molecule is COc1cc(CNCc2cccc(NC(=O)C3CCC3)c2)cc2c1OCCO2. The molecule has 0 spiro atoms. The van der Waals surface area contributed by atoms with Gasteiger partial charge in [-0.1, -0.05) is 18.6 Å². The van der Waals surface area contributed by atoms with Crippen LogP contribution in [0.5, 0.6) is 17.2 Å². The van der Waals surface area contributed by atoms with Gasteiger partial charge in [0.15, 0.2) is 11.5 Å². The second kappa shape index (κ2) is 8.52. The molecule has 2 aromatic rings. The van der Waals surface area contributed by atoms with E-state index in [0.717, 1.165) is 41.8 Å². The standard InChI is InChI=1S/C22H26N2O4/c1-26-19-11-16(12-20-21(19)28-9-8-27-20)14-23-13-15-4-2-7-18(10-15)24-22(25)17-5-3-6-17/h2,4,7,10-12,17,23H,3,5-6,8-9,13-14H2,1H3,(H,24,25). The number of amides is 1. The van der Waals surface area contributed by atoms with E-state index in [1.807, 2.05) is 30.3 Å². The van der Waals surface area contributed by atoms with Gasteiger partial charge in [0.25, 0.3) is 0 Å². The molecule has 0 atom stereocenters. The van der Waals surface area contributed by atoms with Gasteiger partial charge in [-0.2, -0.15) is 0 Å². The van der Waals surface area contributed by atoms with Crippen molar-refractivity contribution in [3.8, 4) is 17.2 Å². The van der Waals surface area contributed by atoms with Crippen LogP contribution in [0.1, 0.15) is 30.4 Å². The molecule has 1 aliphatic heterocycles. The molecule has 1 heterocycles. The van der Waals surface area contributed by atoms with Crippen molar-refractivity contribution in [2.75, 3.05) is 25.6 Å². The van der Waals surface area contributed by atoms with Gasteiger partial charge in [0.2, 0.25) is 11.7 Å². The Morgan fingerprint density at radius 2 is 1.93 bits per heavy atom. The van der Waals surface area contributed by atoms with Crippen LogP contribution in [0.3, 0.4) is 0 Å². The molecule has 4 rings (SSSR count). The van der Waals surface area contributed by atoms with Crippen LogP contribution in [0, 0.1) is 5.92 Å². The van der Waals surface area contributed by atoms with E-state index >= 15 is 0 Å². The van der Waals surface area contributed by atoms with Crippen LogP contribution in [0.15, 0.2) is 36.4 Å². The molecule has 28 heavy (non-hydrogen) atoms. The summed E-state index contributed by atoms with van der Waals surface area (Å²) >= 11 is 0. The highest BCUT2D eigenvalue weighted by Crippen LogP contribution is 2.40. The van der Waals surface area contributed by atoms with Crippen molar-refractivity contribution in [3.63, 3.8) is 0 Å². The molecule has 2 aliphatic rings. The number of benzene rings is 2. The van der Waals surface area contributed by atoms with E-state index in [1.165, 1.54) is 0 Å². The topological polar surface area (TPSA) is 68.8 Å². The van der Waals surface area contributed by atoms with Crippen LogP contribution in [-0.2, 0) is 17.9 Å². The van der Waals surface area contributed by atoms with Crippen LogP contribution >= 0.6 is 0 Å². The minimum absolute atomic E-state index is 0.139. The normalized spacial score (nSPS) is 15.6. The summed E-state index contributed by atoms with van der Waals surface area (Å²) in [6, 6.07) is 11.9. The number of hydrogen-bond donors (Lipinski definition) is 2. The lowest BCUT2D eigenvalue weighted by molar-refractivity contribution is -0.122. The third-order valence-corrected chi connectivity index (χ3v) is 5.22. The van der Waals surface area contributed by atoms with E-state index < -0.39 is 0 Å². The largest absolute Gasteiger partial charge is 0.493 e. The first-order chi connectivity index (χ1) is 13.7. The van der Waals surface area contributed by atoms with Gasteiger partial charge >= 0.3 is 0 Å². The summed E-state index contributed by atoms with van der Waals surface area (Å²) in [5, 5.41) is 6.47. The van der Waals surface area contributed by atoms with Crippen LogP contribution in [0.4, 0.5) is 5.69 Å². The minimum atomic E-state index is 0.139. The Labute approximate surface area is 165 Å². The average molecular weight is 382 g/mol. The van der Waals surface area contributed by atoms with Gasteiger partial charge in [-0.15, -0.1) is 0 Å². The van der Waals surface area contributed by atoms with Gasteiger partial charge in [-0.3, -0.25) is 4.79 Å². The summed E-state index contributed by atoms with van der Waals surface area (Å²) in [4.78, 5) is 12.1. The van der Waals surface area contributed by atoms with Crippen molar-refractivity contribution in [3.05, 3.63) is 47.5 Å². The summed E-state index contributed by atoms with van der Waals surface area (Å²) < 4.78 is 16.8. The highest BCUT2D eigenvalue weighted by atomic mass is 16.6. The molecule has 2 aromatic carbocycles. The Balaban J connectivity index is 1.35. The predicted molar refractivity (Wildman–Crippen MR) is 107 cm³/mol. The molecule has 1 saturated carbocycles. The van der Waals surface area contributed by atoms with E-state index in [4.69, 9.17) is 14.2 Å². The van der Waals surface area contributed by atoms with Gasteiger partial charge in [0, 0.05) is 24.7 Å². The summed E-state index contributed by atoms with van der Waals surface area (Å²) in [5.41, 5.74) is 3.05. The van der Waals surface area contributed by atoms with Crippen LogP contribution in [0.2, 0.25) is 0 Å². The first-order valence-corrected chi connectivity index (χ1v) is 9.80. The molecular formula is C22H26N2O4. The van der Waals surface area contributed by atoms with Gasteiger partial charge < -0.3 is 24.8 Å². The lowest BCUT2D eigenvalue weighted by Crippen LogP contribution is -2.28. The number of anilines is 1. The lowest BCUT2D eigenvalue weighted by atomic mass is 9.85. The summed E-state index contributed by atoms with van der Waals surface area (Å²) in [6.07, 6.45) is 3.17. The molecule has 6 nitrogen and oxygen atoms in total. The van der Waals surface area contributed by atoms with Gasteiger partial charge in [0.1, 0.15) is 13.2 Å². The highest BCUT2D eigenvalue weighted by molar-refractivity contribution is 5.93. The fraction of sp³-hybridized carbons (Fsp3) is 0.409.